The van der Waals surface area contributed by atoms with E-state index < -0.39 is 0 Å². The Hall–Kier alpha value is -2.37. The number of carbonyl (C=O) groups is 1. The molecule has 3 aromatic rings. The molecule has 0 atom stereocenters. The summed E-state index contributed by atoms with van der Waals surface area (Å²) in [6.45, 7) is 2.03. The standard InChI is InChI=1S/C18H15Cl2N3O2/c1-3-10-6-12-11(4-5-15(25-2)16(12)22-7-10)18(24)23-17-13(19)8-21-9-14(17)20/h4-9H,3H2,1-2H3,(H,21,23,24). The van der Waals surface area contributed by atoms with Crippen LogP contribution in [0.15, 0.2) is 36.8 Å². The molecule has 0 aliphatic carbocycles. The van der Waals surface area contributed by atoms with Crippen molar-refractivity contribution in [2.75, 3.05) is 12.4 Å². The molecule has 1 amide bonds. The molecule has 128 valence electrons. The Kier molecular flexibility index (Phi) is 5.06. The zero-order chi connectivity index (χ0) is 18.0. The predicted octanol–water partition coefficient (Wildman–Crippen LogP) is 4.76. The molecule has 0 radical (unpaired) electrons. The topological polar surface area (TPSA) is 64.1 Å². The fourth-order valence-corrected chi connectivity index (χ4v) is 2.96. The number of aryl methyl sites for hydroxylation is 1. The Labute approximate surface area is 155 Å². The average Bonchev–Trinajstić information content (AvgIpc) is 2.63. The maximum Gasteiger partial charge on any atom is 0.256 e. The fourth-order valence-electron chi connectivity index (χ4n) is 2.51. The third kappa shape index (κ3) is 3.38. The van der Waals surface area contributed by atoms with E-state index in [1.807, 2.05) is 13.0 Å². The van der Waals surface area contributed by atoms with Gasteiger partial charge in [0, 0.05) is 29.5 Å². The molecule has 0 saturated carbocycles. The third-order valence-corrected chi connectivity index (χ3v) is 4.41. The zero-order valence-electron chi connectivity index (χ0n) is 13.6. The van der Waals surface area contributed by atoms with Crippen LogP contribution in [0.25, 0.3) is 10.9 Å². The average molecular weight is 376 g/mol. The van der Waals surface area contributed by atoms with Crippen molar-refractivity contribution in [3.05, 3.63) is 58.0 Å². The van der Waals surface area contributed by atoms with E-state index in [4.69, 9.17) is 27.9 Å². The Morgan fingerprint density at radius 1 is 1.20 bits per heavy atom. The van der Waals surface area contributed by atoms with Gasteiger partial charge in [0.05, 0.1) is 22.8 Å². The highest BCUT2D eigenvalue weighted by atomic mass is 35.5. The Morgan fingerprint density at radius 3 is 2.56 bits per heavy atom. The molecule has 0 bridgehead atoms. The molecule has 7 heteroatoms. The van der Waals surface area contributed by atoms with E-state index in [9.17, 15) is 4.79 Å². The predicted molar refractivity (Wildman–Crippen MR) is 99.9 cm³/mol. The van der Waals surface area contributed by atoms with Crippen molar-refractivity contribution >= 4 is 45.7 Å². The smallest absolute Gasteiger partial charge is 0.256 e. The highest BCUT2D eigenvalue weighted by Crippen LogP contribution is 2.31. The number of carbonyl (C=O) groups excluding carboxylic acids is 1. The zero-order valence-corrected chi connectivity index (χ0v) is 15.1. The second kappa shape index (κ2) is 7.25. The van der Waals surface area contributed by atoms with Gasteiger partial charge in [0.15, 0.2) is 0 Å². The summed E-state index contributed by atoms with van der Waals surface area (Å²) in [7, 11) is 1.57. The summed E-state index contributed by atoms with van der Waals surface area (Å²) < 4.78 is 5.35. The van der Waals surface area contributed by atoms with Gasteiger partial charge in [-0.05, 0) is 30.2 Å². The molecular weight excluding hydrogens is 361 g/mol. The number of hydrogen-bond donors (Lipinski definition) is 1. The number of nitrogens with zero attached hydrogens (tertiary/aromatic N) is 2. The van der Waals surface area contributed by atoms with E-state index in [1.54, 1.807) is 25.4 Å². The van der Waals surface area contributed by atoms with Crippen LogP contribution < -0.4 is 10.1 Å². The molecule has 2 heterocycles. The first kappa shape index (κ1) is 17.5. The number of ether oxygens (including phenoxy) is 1. The van der Waals surface area contributed by atoms with Crippen molar-refractivity contribution in [1.29, 1.82) is 0 Å². The number of fused-ring (bicyclic) bond motifs is 1. The molecule has 5 nitrogen and oxygen atoms in total. The minimum atomic E-state index is -0.335. The number of benzene rings is 1. The van der Waals surface area contributed by atoms with Gasteiger partial charge in [0.1, 0.15) is 11.3 Å². The Bertz CT molecular complexity index is 940. The molecule has 0 aliphatic rings. The summed E-state index contributed by atoms with van der Waals surface area (Å²) in [5, 5.41) is 4.00. The highest BCUT2D eigenvalue weighted by molar-refractivity contribution is 6.39. The van der Waals surface area contributed by atoms with Gasteiger partial charge >= 0.3 is 0 Å². The van der Waals surface area contributed by atoms with E-state index in [1.165, 1.54) is 12.4 Å². The molecule has 25 heavy (non-hydrogen) atoms. The number of amides is 1. The van der Waals surface area contributed by atoms with E-state index in [-0.39, 0.29) is 16.0 Å². The molecule has 1 aromatic carbocycles. The summed E-state index contributed by atoms with van der Waals surface area (Å²) >= 11 is 12.2. The number of anilines is 1. The second-order valence-electron chi connectivity index (χ2n) is 5.34. The molecule has 0 fully saturated rings. The van der Waals surface area contributed by atoms with Gasteiger partial charge in [-0.25, -0.2) is 0 Å². The van der Waals surface area contributed by atoms with Crippen molar-refractivity contribution in [2.45, 2.75) is 13.3 Å². The molecule has 3 rings (SSSR count). The van der Waals surface area contributed by atoms with Crippen LogP contribution in [0.3, 0.4) is 0 Å². The number of rotatable bonds is 4. The summed E-state index contributed by atoms with van der Waals surface area (Å²) in [6, 6.07) is 5.35. The number of aromatic nitrogens is 2. The highest BCUT2D eigenvalue weighted by Gasteiger charge is 2.17. The molecule has 0 saturated heterocycles. The van der Waals surface area contributed by atoms with Crippen molar-refractivity contribution in [1.82, 2.24) is 9.97 Å². The summed E-state index contributed by atoms with van der Waals surface area (Å²) in [6.07, 6.45) is 5.43. The van der Waals surface area contributed by atoms with Gasteiger partial charge in [-0.1, -0.05) is 30.1 Å². The summed E-state index contributed by atoms with van der Waals surface area (Å²) in [5.41, 5.74) is 2.43. The van der Waals surface area contributed by atoms with Crippen molar-refractivity contribution in [2.24, 2.45) is 0 Å². The lowest BCUT2D eigenvalue weighted by Gasteiger charge is -2.12. The first-order valence-electron chi connectivity index (χ1n) is 7.61. The first-order chi connectivity index (χ1) is 12.0. The largest absolute Gasteiger partial charge is 0.494 e. The van der Waals surface area contributed by atoms with Crippen LogP contribution in [0.1, 0.15) is 22.8 Å². The normalized spacial score (nSPS) is 10.7. The van der Waals surface area contributed by atoms with Crippen molar-refractivity contribution in [3.63, 3.8) is 0 Å². The lowest BCUT2D eigenvalue weighted by molar-refractivity contribution is 0.102. The quantitative estimate of drug-likeness (QED) is 0.713. The lowest BCUT2D eigenvalue weighted by Crippen LogP contribution is -2.13. The number of halogens is 2. The second-order valence-corrected chi connectivity index (χ2v) is 6.16. The Balaban J connectivity index is 2.10. The molecular formula is C18H15Cl2N3O2. The number of hydrogen-bond acceptors (Lipinski definition) is 4. The minimum Gasteiger partial charge on any atom is -0.494 e. The monoisotopic (exact) mass is 375 g/mol. The van der Waals surface area contributed by atoms with E-state index in [2.05, 4.69) is 15.3 Å². The maximum atomic E-state index is 12.8. The number of pyridine rings is 2. The van der Waals surface area contributed by atoms with Gasteiger partial charge in [0.2, 0.25) is 0 Å². The van der Waals surface area contributed by atoms with Crippen LogP contribution in [0, 0.1) is 0 Å². The van der Waals surface area contributed by atoms with Crippen LogP contribution >= 0.6 is 23.2 Å². The maximum absolute atomic E-state index is 12.8. The van der Waals surface area contributed by atoms with Crippen LogP contribution in [0.5, 0.6) is 5.75 Å². The van der Waals surface area contributed by atoms with Crippen molar-refractivity contribution < 1.29 is 9.53 Å². The van der Waals surface area contributed by atoms with Gasteiger partial charge in [0.25, 0.3) is 5.91 Å². The number of methoxy groups -OCH3 is 1. The molecule has 1 N–H and O–H groups in total. The first-order valence-corrected chi connectivity index (χ1v) is 8.36. The fraction of sp³-hybridized carbons (Fsp3) is 0.167. The van der Waals surface area contributed by atoms with E-state index in [0.717, 1.165) is 12.0 Å². The molecule has 0 aliphatic heterocycles. The van der Waals surface area contributed by atoms with Crippen molar-refractivity contribution in [3.8, 4) is 5.75 Å². The molecule has 0 spiro atoms. The molecule has 0 unspecified atom stereocenters. The van der Waals surface area contributed by atoms with E-state index >= 15 is 0 Å². The summed E-state index contributed by atoms with van der Waals surface area (Å²) in [5.74, 6) is 0.270. The van der Waals surface area contributed by atoms with Gasteiger partial charge in [-0.3, -0.25) is 14.8 Å². The van der Waals surface area contributed by atoms with Crippen LogP contribution in [-0.2, 0) is 6.42 Å². The van der Waals surface area contributed by atoms with Gasteiger partial charge < -0.3 is 10.1 Å². The number of nitrogens with one attached hydrogen (secondary N) is 1. The van der Waals surface area contributed by atoms with Crippen LogP contribution in [0.2, 0.25) is 10.0 Å². The van der Waals surface area contributed by atoms with Gasteiger partial charge in [-0.15, -0.1) is 0 Å². The van der Waals surface area contributed by atoms with Crippen LogP contribution in [-0.4, -0.2) is 23.0 Å². The molecule has 2 aromatic heterocycles. The SMILES string of the molecule is CCc1cnc2c(OC)ccc(C(=O)Nc3c(Cl)cncc3Cl)c2c1. The summed E-state index contributed by atoms with van der Waals surface area (Å²) in [4.78, 5) is 21.1. The van der Waals surface area contributed by atoms with Crippen LogP contribution in [0.4, 0.5) is 5.69 Å². The van der Waals surface area contributed by atoms with Gasteiger partial charge in [-0.2, -0.15) is 0 Å². The van der Waals surface area contributed by atoms with E-state index in [0.29, 0.717) is 27.9 Å². The minimum absolute atomic E-state index is 0.269. The third-order valence-electron chi connectivity index (χ3n) is 3.83. The Morgan fingerprint density at radius 2 is 1.92 bits per heavy atom. The lowest BCUT2D eigenvalue weighted by atomic mass is 10.0.